The largest absolute Gasteiger partial charge is 0.497 e. The minimum atomic E-state index is -3.58. The van der Waals surface area contributed by atoms with Gasteiger partial charge in [-0.1, -0.05) is 30.7 Å². The zero-order valence-electron chi connectivity index (χ0n) is 39.4. The van der Waals surface area contributed by atoms with Crippen molar-refractivity contribution in [3.8, 4) is 11.5 Å². The smallest absolute Gasteiger partial charge is 0.234 e. The second kappa shape index (κ2) is 21.3. The Morgan fingerprint density at radius 3 is 2.22 bits per heavy atom. The maximum atomic E-state index is 12.5. The maximum Gasteiger partial charge on any atom is 0.234 e. The number of nitrogens with zero attached hydrogens (tertiary/aromatic N) is 7. The van der Waals surface area contributed by atoms with Gasteiger partial charge in [-0.05, 0) is 98.9 Å². The first kappa shape index (κ1) is 48.1. The molecule has 0 aliphatic carbocycles. The number of piperazine rings is 1. The number of rotatable bonds is 16. The lowest BCUT2D eigenvalue weighted by molar-refractivity contribution is -0.134. The molecule has 4 aliphatic rings. The second-order valence-corrected chi connectivity index (χ2v) is 20.6. The average Bonchev–Trinajstić information content (AvgIpc) is 3.34. The molecule has 3 aromatic carbocycles. The van der Waals surface area contributed by atoms with Crippen LogP contribution in [0.2, 0.25) is 5.02 Å². The van der Waals surface area contributed by atoms with Crippen LogP contribution in [0.15, 0.2) is 60.8 Å². The molecule has 8 rings (SSSR count). The number of ether oxygens (including phenoxy) is 2. The van der Waals surface area contributed by atoms with Gasteiger partial charge in [0.2, 0.25) is 27.8 Å². The third kappa shape index (κ3) is 11.5. The first-order valence-corrected chi connectivity index (χ1v) is 25.8. The standard InChI is InChI=1S/C49H65ClN10O6S/c1-6-34-29-42(53-49-51-32-40(50)47(55-49)52-41-13-11-38(65-3)30-44(41)56(2)67(5,63)64)45(66-4)31-43(34)60-23-18-37(19-24-60)59-27-25-57(26-28-59)20-15-33-16-21-58(22-17-33)36-9-7-35(8-10-36)39-12-14-46(61)54-48(39)62/h7-11,13,29-33,37,39H,6,12,14-28H2,1-5H3,(H,54,61,62)(H2,51,52,53,55). The average molecular weight is 958 g/mol. The van der Waals surface area contributed by atoms with Gasteiger partial charge in [-0.25, -0.2) is 13.4 Å². The van der Waals surface area contributed by atoms with Crippen LogP contribution in [0.5, 0.6) is 11.5 Å². The number of carbonyl (C=O) groups is 2. The van der Waals surface area contributed by atoms with Crippen molar-refractivity contribution in [2.24, 2.45) is 5.92 Å². The van der Waals surface area contributed by atoms with Crippen LogP contribution in [-0.4, -0.2) is 132 Å². The molecule has 16 nitrogen and oxygen atoms in total. The fraction of sp³-hybridized carbons (Fsp3) is 0.510. The zero-order chi connectivity index (χ0) is 47.2. The highest BCUT2D eigenvalue weighted by Gasteiger charge is 2.31. The highest BCUT2D eigenvalue weighted by molar-refractivity contribution is 7.92. The third-order valence-corrected chi connectivity index (χ3v) is 15.6. The van der Waals surface area contributed by atoms with E-state index in [1.165, 1.54) is 67.4 Å². The van der Waals surface area contributed by atoms with E-state index < -0.39 is 10.0 Å². The van der Waals surface area contributed by atoms with Crippen molar-refractivity contribution in [2.75, 3.05) is 111 Å². The molecule has 4 fully saturated rings. The van der Waals surface area contributed by atoms with Crippen LogP contribution in [0.25, 0.3) is 0 Å². The molecule has 0 bridgehead atoms. The minimum absolute atomic E-state index is 0.175. The van der Waals surface area contributed by atoms with Gasteiger partial charge < -0.3 is 34.8 Å². The topological polar surface area (TPSA) is 165 Å². The molecular formula is C49H65ClN10O6S. The number of benzene rings is 3. The number of amides is 2. The number of nitrogens with one attached hydrogen (secondary N) is 3. The summed E-state index contributed by atoms with van der Waals surface area (Å²) in [6.07, 6.45) is 10.3. The van der Waals surface area contributed by atoms with E-state index in [-0.39, 0.29) is 22.8 Å². The highest BCUT2D eigenvalue weighted by Crippen LogP contribution is 2.39. The summed E-state index contributed by atoms with van der Waals surface area (Å²) < 4.78 is 37.4. The van der Waals surface area contributed by atoms with Crippen molar-refractivity contribution in [2.45, 2.75) is 70.3 Å². The van der Waals surface area contributed by atoms with E-state index >= 15 is 0 Å². The Morgan fingerprint density at radius 1 is 0.851 bits per heavy atom. The number of imide groups is 1. The Morgan fingerprint density at radius 2 is 1.57 bits per heavy atom. The molecule has 4 aliphatic heterocycles. The monoisotopic (exact) mass is 956 g/mol. The first-order chi connectivity index (χ1) is 32.3. The van der Waals surface area contributed by atoms with E-state index in [0.29, 0.717) is 53.5 Å². The Bertz CT molecular complexity index is 2490. The van der Waals surface area contributed by atoms with Crippen molar-refractivity contribution in [3.05, 3.63) is 76.9 Å². The predicted octanol–water partition coefficient (Wildman–Crippen LogP) is 7.01. The molecule has 67 heavy (non-hydrogen) atoms. The number of aromatic nitrogens is 2. The number of anilines is 7. The maximum absolute atomic E-state index is 12.5. The summed E-state index contributed by atoms with van der Waals surface area (Å²) in [6.45, 7) is 11.9. The Labute approximate surface area is 400 Å². The van der Waals surface area contributed by atoms with Crippen molar-refractivity contribution in [3.63, 3.8) is 0 Å². The molecule has 2 amide bonds. The summed E-state index contributed by atoms with van der Waals surface area (Å²) in [4.78, 5) is 43.4. The molecule has 0 radical (unpaired) electrons. The van der Waals surface area contributed by atoms with E-state index in [0.717, 1.165) is 95.0 Å². The lowest BCUT2D eigenvalue weighted by Crippen LogP contribution is -2.53. The first-order valence-electron chi connectivity index (χ1n) is 23.6. The zero-order valence-corrected chi connectivity index (χ0v) is 41.0. The van der Waals surface area contributed by atoms with Crippen LogP contribution in [0.1, 0.15) is 68.9 Å². The van der Waals surface area contributed by atoms with Crippen LogP contribution in [0.3, 0.4) is 0 Å². The lowest BCUT2D eigenvalue weighted by atomic mass is 9.90. The van der Waals surface area contributed by atoms with Crippen LogP contribution >= 0.6 is 11.6 Å². The Hall–Kier alpha value is -5.36. The van der Waals surface area contributed by atoms with Crippen LogP contribution < -0.4 is 39.5 Å². The van der Waals surface area contributed by atoms with Gasteiger partial charge in [0.05, 0.1) is 49.7 Å². The van der Waals surface area contributed by atoms with Gasteiger partial charge >= 0.3 is 0 Å². The number of sulfonamides is 1. The number of aryl methyl sites for hydroxylation is 1. The SMILES string of the molecule is CCc1cc(Nc2ncc(Cl)c(Nc3ccc(OC)cc3N(C)S(C)(=O)=O)n2)c(OC)cc1N1CCC(N2CCN(CCC3CCN(c4ccc(C5CCC(=O)NC5=O)cc4)CC3)CC2)CC1. The Kier molecular flexibility index (Phi) is 15.3. The van der Waals surface area contributed by atoms with Gasteiger partial charge in [0, 0.05) is 95.4 Å². The molecule has 0 saturated carbocycles. The van der Waals surface area contributed by atoms with Crippen molar-refractivity contribution in [1.29, 1.82) is 0 Å². The quantitative estimate of drug-likeness (QED) is 0.0983. The molecule has 3 N–H and O–H groups in total. The molecule has 1 atom stereocenters. The highest BCUT2D eigenvalue weighted by atomic mass is 35.5. The van der Waals surface area contributed by atoms with E-state index in [9.17, 15) is 18.0 Å². The molecule has 4 saturated heterocycles. The number of hydrogen-bond acceptors (Lipinski definition) is 14. The summed E-state index contributed by atoms with van der Waals surface area (Å²) in [5, 5.41) is 9.27. The molecule has 360 valence electrons. The predicted molar refractivity (Wildman–Crippen MR) is 267 cm³/mol. The summed E-state index contributed by atoms with van der Waals surface area (Å²) in [6, 6.07) is 18.3. The van der Waals surface area contributed by atoms with E-state index in [1.54, 1.807) is 25.3 Å². The van der Waals surface area contributed by atoms with Gasteiger partial charge in [-0.15, -0.1) is 0 Å². The van der Waals surface area contributed by atoms with E-state index in [1.807, 2.05) is 0 Å². The molecule has 0 spiro atoms. The van der Waals surface area contributed by atoms with Crippen molar-refractivity contribution < 1.29 is 27.5 Å². The molecule has 4 aromatic rings. The number of methoxy groups -OCH3 is 2. The lowest BCUT2D eigenvalue weighted by Gasteiger charge is -2.44. The van der Waals surface area contributed by atoms with Gasteiger partial charge in [0.1, 0.15) is 16.5 Å². The molecule has 1 unspecified atom stereocenters. The van der Waals surface area contributed by atoms with Gasteiger partial charge in [-0.2, -0.15) is 4.98 Å². The second-order valence-electron chi connectivity index (χ2n) is 18.2. The number of carbonyl (C=O) groups excluding carboxylic acids is 2. The molecular weight excluding hydrogens is 892 g/mol. The fourth-order valence-corrected chi connectivity index (χ4v) is 10.6. The van der Waals surface area contributed by atoms with Gasteiger partial charge in [0.15, 0.2) is 5.82 Å². The summed E-state index contributed by atoms with van der Waals surface area (Å²) in [5.74, 6) is 1.92. The Balaban J connectivity index is 0.802. The van der Waals surface area contributed by atoms with E-state index in [2.05, 4.69) is 88.8 Å². The van der Waals surface area contributed by atoms with Gasteiger partial charge in [-0.3, -0.25) is 24.1 Å². The molecule has 1 aromatic heterocycles. The normalized spacial score (nSPS) is 19.3. The van der Waals surface area contributed by atoms with Gasteiger partial charge in [0.25, 0.3) is 0 Å². The fourth-order valence-electron chi connectivity index (χ4n) is 10.0. The summed E-state index contributed by atoms with van der Waals surface area (Å²) in [5.41, 5.74) is 6.15. The third-order valence-electron chi connectivity index (χ3n) is 14.2. The van der Waals surface area contributed by atoms with Crippen LogP contribution in [0.4, 0.5) is 40.2 Å². The summed E-state index contributed by atoms with van der Waals surface area (Å²) in [7, 11) is 1.08. The number of halogens is 1. The van der Waals surface area contributed by atoms with Crippen molar-refractivity contribution >= 4 is 73.6 Å². The van der Waals surface area contributed by atoms with Crippen molar-refractivity contribution in [1.82, 2.24) is 25.1 Å². The van der Waals surface area contributed by atoms with E-state index in [4.69, 9.17) is 21.1 Å². The molecule has 5 heterocycles. The summed E-state index contributed by atoms with van der Waals surface area (Å²) >= 11 is 6.57. The number of hydrogen-bond donors (Lipinski definition) is 3. The molecule has 18 heteroatoms. The number of piperidine rings is 3. The van der Waals surface area contributed by atoms with Crippen LogP contribution in [0, 0.1) is 5.92 Å². The minimum Gasteiger partial charge on any atom is -0.497 e. The van der Waals surface area contributed by atoms with Crippen LogP contribution in [-0.2, 0) is 26.0 Å².